The average molecular weight is 651 g/mol. The first kappa shape index (κ1) is 38.2. The molecule has 3 aliphatic rings. The number of hydrogen-bond acceptors (Lipinski definition) is 10. The molecule has 0 aromatic heterocycles. The van der Waals surface area contributed by atoms with Crippen molar-refractivity contribution in [3.63, 3.8) is 0 Å². The van der Waals surface area contributed by atoms with Crippen LogP contribution in [0.2, 0.25) is 0 Å². The Bertz CT molecular complexity index is 822. The van der Waals surface area contributed by atoms with Gasteiger partial charge in [0, 0.05) is 0 Å². The third-order valence-corrected chi connectivity index (χ3v) is 9.75. The van der Waals surface area contributed by atoms with Crippen LogP contribution in [-0.4, -0.2) is 74.5 Å². The van der Waals surface area contributed by atoms with Crippen LogP contribution in [0.4, 0.5) is 0 Å². The van der Waals surface area contributed by atoms with E-state index in [4.69, 9.17) is 18.9 Å². The van der Waals surface area contributed by atoms with Gasteiger partial charge in [-0.1, -0.05) is 39.5 Å². The number of carbonyl (C=O) groups excluding carboxylic acids is 4. The first-order chi connectivity index (χ1) is 22.4. The maximum absolute atomic E-state index is 12.9. The molecule has 0 aliphatic heterocycles. The summed E-state index contributed by atoms with van der Waals surface area (Å²) in [6.45, 7) is 6.15. The Hall–Kier alpha value is -2.20. The highest BCUT2D eigenvalue weighted by molar-refractivity contribution is 5.83. The van der Waals surface area contributed by atoms with Gasteiger partial charge in [0.25, 0.3) is 0 Å². The van der Waals surface area contributed by atoms with Gasteiger partial charge in [-0.15, -0.1) is 0 Å². The fraction of sp³-hybridized carbons (Fsp3) is 0.889. The minimum absolute atomic E-state index is 0.0247. The number of nitrogens with one attached hydrogen (secondary N) is 2. The monoisotopic (exact) mass is 650 g/mol. The zero-order valence-electron chi connectivity index (χ0n) is 28.7. The van der Waals surface area contributed by atoms with Crippen molar-refractivity contribution in [2.75, 3.05) is 26.3 Å². The van der Waals surface area contributed by atoms with Crippen molar-refractivity contribution in [2.45, 2.75) is 167 Å². The molecular formula is C36H62N2O8. The van der Waals surface area contributed by atoms with Gasteiger partial charge in [0.2, 0.25) is 0 Å². The molecule has 0 aromatic rings. The third-order valence-electron chi connectivity index (χ3n) is 9.75. The van der Waals surface area contributed by atoms with Crippen molar-refractivity contribution in [3.05, 3.63) is 0 Å². The Labute approximate surface area is 277 Å². The van der Waals surface area contributed by atoms with Gasteiger partial charge in [-0.3, -0.25) is 19.2 Å². The number of ether oxygens (including phenoxy) is 4. The van der Waals surface area contributed by atoms with E-state index < -0.39 is 12.1 Å². The highest BCUT2D eigenvalue weighted by Crippen LogP contribution is 2.29. The number of unbranched alkanes of at least 4 members (excludes halogenated alkanes) is 2. The summed E-state index contributed by atoms with van der Waals surface area (Å²) in [5.41, 5.74) is 0. The average Bonchev–Trinajstić information content (AvgIpc) is 3.07. The largest absolute Gasteiger partial charge is 0.465 e. The van der Waals surface area contributed by atoms with E-state index >= 15 is 0 Å². The van der Waals surface area contributed by atoms with Gasteiger partial charge in [-0.2, -0.15) is 0 Å². The van der Waals surface area contributed by atoms with Gasteiger partial charge in [-0.05, 0) is 115 Å². The molecule has 3 fully saturated rings. The van der Waals surface area contributed by atoms with Gasteiger partial charge < -0.3 is 29.6 Å². The van der Waals surface area contributed by atoms with Gasteiger partial charge in [0.1, 0.15) is 24.3 Å². The van der Waals surface area contributed by atoms with Gasteiger partial charge in [0.15, 0.2) is 0 Å². The number of carbonyl (C=O) groups is 4. The van der Waals surface area contributed by atoms with E-state index in [0.29, 0.717) is 26.3 Å². The molecular weight excluding hydrogens is 588 g/mol. The minimum atomic E-state index is -0.679. The molecule has 0 amide bonds. The molecule has 46 heavy (non-hydrogen) atoms. The van der Waals surface area contributed by atoms with Crippen molar-refractivity contribution < 1.29 is 38.1 Å². The molecule has 3 rings (SSSR count). The summed E-state index contributed by atoms with van der Waals surface area (Å²) < 4.78 is 22.7. The van der Waals surface area contributed by atoms with Crippen LogP contribution in [0.15, 0.2) is 0 Å². The molecule has 3 aliphatic carbocycles. The second-order valence-electron chi connectivity index (χ2n) is 13.8. The molecule has 0 bridgehead atoms. The fourth-order valence-electron chi connectivity index (χ4n) is 6.68. The minimum Gasteiger partial charge on any atom is -0.465 e. The van der Waals surface area contributed by atoms with Gasteiger partial charge >= 0.3 is 23.9 Å². The Morgan fingerprint density at radius 1 is 0.565 bits per heavy atom. The van der Waals surface area contributed by atoms with Crippen LogP contribution in [0.3, 0.4) is 0 Å². The van der Waals surface area contributed by atoms with Crippen molar-refractivity contribution in [3.8, 4) is 0 Å². The van der Waals surface area contributed by atoms with Crippen molar-refractivity contribution in [1.29, 1.82) is 0 Å². The van der Waals surface area contributed by atoms with Gasteiger partial charge in [0.05, 0.1) is 26.1 Å². The number of rotatable bonds is 20. The molecule has 264 valence electrons. The van der Waals surface area contributed by atoms with Gasteiger partial charge in [-0.25, -0.2) is 0 Å². The molecule has 2 N–H and O–H groups in total. The van der Waals surface area contributed by atoms with E-state index in [-0.39, 0.29) is 60.8 Å². The van der Waals surface area contributed by atoms with E-state index in [1.54, 1.807) is 0 Å². The summed E-state index contributed by atoms with van der Waals surface area (Å²) in [5, 5.41) is 6.42. The first-order valence-corrected chi connectivity index (χ1v) is 18.6. The zero-order valence-corrected chi connectivity index (χ0v) is 28.7. The number of esters is 4. The summed E-state index contributed by atoms with van der Waals surface area (Å²) in [6.07, 6.45) is 17.5. The molecule has 2 atom stereocenters. The molecule has 0 radical (unpaired) electrons. The van der Waals surface area contributed by atoms with E-state index in [1.807, 2.05) is 0 Å². The third kappa shape index (κ3) is 15.1. The van der Waals surface area contributed by atoms with E-state index in [9.17, 15) is 19.2 Å². The standard InChI is InChI=1S/C36H62N2O8/c1-3-5-21-37-31(35(41)45-29-13-9-7-10-14-29)23-33(39)43-25-27-17-19-28(20-18-27)26-44-34(40)24-32(38-22-6-4-2)36(42)46-30-15-11-8-12-16-30/h27-32,37-38H,3-26H2,1-2H3. The van der Waals surface area contributed by atoms with E-state index in [1.165, 1.54) is 12.8 Å². The lowest BCUT2D eigenvalue weighted by Gasteiger charge is -2.28. The Kier molecular flexibility index (Phi) is 18.6. The summed E-state index contributed by atoms with van der Waals surface area (Å²) in [7, 11) is 0. The first-order valence-electron chi connectivity index (χ1n) is 18.6. The zero-order chi connectivity index (χ0) is 33.0. The Morgan fingerprint density at radius 3 is 1.28 bits per heavy atom. The van der Waals surface area contributed by atoms with Crippen LogP contribution in [0.5, 0.6) is 0 Å². The topological polar surface area (TPSA) is 129 Å². The predicted octanol–water partition coefficient (Wildman–Crippen LogP) is 5.93. The van der Waals surface area contributed by atoms with Crippen LogP contribution in [-0.2, 0) is 38.1 Å². The molecule has 2 unspecified atom stereocenters. The normalized spacial score (nSPS) is 22.4. The second-order valence-corrected chi connectivity index (χ2v) is 13.8. The lowest BCUT2D eigenvalue weighted by molar-refractivity contribution is -0.158. The SMILES string of the molecule is CCCCNC(CC(=O)OCC1CCC(COC(=O)CC(NCCCC)C(=O)OC2CCCCC2)CC1)C(=O)OC1CCCCC1. The van der Waals surface area contributed by atoms with Crippen molar-refractivity contribution in [1.82, 2.24) is 10.6 Å². The molecule has 0 spiro atoms. The van der Waals surface area contributed by atoms with Crippen LogP contribution in [0, 0.1) is 11.8 Å². The molecule has 10 nitrogen and oxygen atoms in total. The summed E-state index contributed by atoms with van der Waals surface area (Å²) in [6, 6.07) is -1.36. The second kappa shape index (κ2) is 22.4. The smallest absolute Gasteiger partial charge is 0.324 e. The van der Waals surface area contributed by atoms with E-state index in [0.717, 1.165) is 103 Å². The lowest BCUT2D eigenvalue weighted by atomic mass is 9.83. The maximum Gasteiger partial charge on any atom is 0.324 e. The van der Waals surface area contributed by atoms with Crippen molar-refractivity contribution in [2.24, 2.45) is 11.8 Å². The van der Waals surface area contributed by atoms with Crippen LogP contribution < -0.4 is 10.6 Å². The molecule has 0 aromatic carbocycles. The molecule has 0 saturated heterocycles. The number of hydrogen-bond donors (Lipinski definition) is 2. The molecule has 3 saturated carbocycles. The van der Waals surface area contributed by atoms with E-state index in [2.05, 4.69) is 24.5 Å². The highest BCUT2D eigenvalue weighted by atomic mass is 16.6. The quantitative estimate of drug-likeness (QED) is 0.0930. The Morgan fingerprint density at radius 2 is 0.935 bits per heavy atom. The maximum atomic E-state index is 12.9. The molecule has 0 heterocycles. The van der Waals surface area contributed by atoms with Crippen LogP contribution >= 0.6 is 0 Å². The van der Waals surface area contributed by atoms with Crippen LogP contribution in [0.1, 0.15) is 142 Å². The molecule has 10 heteroatoms. The lowest BCUT2D eigenvalue weighted by Crippen LogP contribution is -2.42. The summed E-state index contributed by atoms with van der Waals surface area (Å²) in [5.74, 6) is -0.959. The summed E-state index contributed by atoms with van der Waals surface area (Å²) in [4.78, 5) is 51.2. The predicted molar refractivity (Wildman–Crippen MR) is 176 cm³/mol. The fourth-order valence-corrected chi connectivity index (χ4v) is 6.68. The highest BCUT2D eigenvalue weighted by Gasteiger charge is 2.30. The van der Waals surface area contributed by atoms with Crippen molar-refractivity contribution >= 4 is 23.9 Å². The summed E-state index contributed by atoms with van der Waals surface area (Å²) >= 11 is 0. The van der Waals surface area contributed by atoms with Crippen LogP contribution in [0.25, 0.3) is 0 Å². The Balaban J connectivity index is 1.34.